The number of aryl methyl sites for hydroxylation is 1. The van der Waals surface area contributed by atoms with Gasteiger partial charge in [0.1, 0.15) is 5.82 Å². The molecule has 0 bridgehead atoms. The van der Waals surface area contributed by atoms with E-state index < -0.39 is 5.82 Å². The summed E-state index contributed by atoms with van der Waals surface area (Å²) in [6.45, 7) is 13.2. The molecule has 4 heterocycles. The molecule has 3 amide bonds. The number of hydrogen-bond acceptors (Lipinski definition) is 5. The number of hydrogen-bond donors (Lipinski definition) is 1. The summed E-state index contributed by atoms with van der Waals surface area (Å²) in [6, 6.07) is 4.61. The maximum atomic E-state index is 14.5. The fourth-order valence-corrected chi connectivity index (χ4v) is 7.19. The summed E-state index contributed by atoms with van der Waals surface area (Å²) in [4.78, 5) is 47.9. The monoisotopic (exact) mass is 618 g/mol. The zero-order valence-corrected chi connectivity index (χ0v) is 27.5. The van der Waals surface area contributed by atoms with Crippen LogP contribution < -0.4 is 5.32 Å². The van der Waals surface area contributed by atoms with Gasteiger partial charge in [0.2, 0.25) is 11.8 Å². The Morgan fingerprint density at radius 3 is 2.49 bits per heavy atom. The first-order chi connectivity index (χ1) is 21.4. The number of likely N-dealkylation sites (tertiary alicyclic amines) is 2. The van der Waals surface area contributed by atoms with Gasteiger partial charge < -0.3 is 19.7 Å². The van der Waals surface area contributed by atoms with E-state index in [0.717, 1.165) is 68.3 Å². The number of halogens is 1. The number of piperidine rings is 1. The fourth-order valence-electron chi connectivity index (χ4n) is 7.19. The van der Waals surface area contributed by atoms with Gasteiger partial charge in [0, 0.05) is 76.9 Å². The first-order valence-corrected chi connectivity index (χ1v) is 16.2. The Balaban J connectivity index is 1.41. The molecule has 1 N–H and O–H groups in total. The molecule has 0 radical (unpaired) electrons. The summed E-state index contributed by atoms with van der Waals surface area (Å²) >= 11 is 0. The molecular weight excluding hydrogens is 571 g/mol. The van der Waals surface area contributed by atoms with Crippen molar-refractivity contribution < 1.29 is 18.8 Å². The van der Waals surface area contributed by atoms with Crippen LogP contribution in [0.1, 0.15) is 68.4 Å². The third-order valence-corrected chi connectivity index (χ3v) is 9.91. The van der Waals surface area contributed by atoms with Gasteiger partial charge in [-0.05, 0) is 94.2 Å². The number of carbonyl (C=O) groups excluding carboxylic acids is 3. The Labute approximate surface area is 265 Å². The van der Waals surface area contributed by atoms with Crippen LogP contribution in [0.5, 0.6) is 0 Å². The molecule has 45 heavy (non-hydrogen) atoms. The average molecular weight is 619 g/mol. The molecule has 242 valence electrons. The number of carbonyl (C=O) groups is 3. The molecule has 0 aliphatic carbocycles. The van der Waals surface area contributed by atoms with Crippen LogP contribution in [0.25, 0.3) is 16.6 Å². The summed E-state index contributed by atoms with van der Waals surface area (Å²) in [6.07, 6.45) is 9.58. The van der Waals surface area contributed by atoms with Crippen molar-refractivity contribution >= 4 is 28.6 Å². The van der Waals surface area contributed by atoms with E-state index in [2.05, 4.69) is 28.3 Å². The number of fused-ring (bicyclic) bond motifs is 1. The minimum Gasteiger partial charge on any atom is -0.355 e. The summed E-state index contributed by atoms with van der Waals surface area (Å²) in [5.74, 6) is 0.259. The summed E-state index contributed by atoms with van der Waals surface area (Å²) in [5.41, 5.74) is 4.10. The van der Waals surface area contributed by atoms with E-state index >= 15 is 0 Å². The van der Waals surface area contributed by atoms with E-state index in [4.69, 9.17) is 0 Å². The van der Waals surface area contributed by atoms with Crippen LogP contribution in [-0.2, 0) is 16.0 Å². The maximum absolute atomic E-state index is 14.5. The van der Waals surface area contributed by atoms with Crippen LogP contribution in [-0.4, -0.2) is 93.8 Å². The standard InChI is InChI=1S/C35H47FN6O3/c1-22(2)39(6)35(45)30-16-29(36)7-8-31(30)42-21-28(34-23(3)17-37-18-33(34)42)15-26-9-12-41(20-26)32(19-38-24(4)43)27-10-13-40(14-11-27)25(5)44/h7-8,16-18,21-22,26-27,32H,9-15,19-20H2,1-6H3,(H,38,43)/t26-,32?/m0/s1. The normalized spacial score (nSPS) is 18.5. The van der Waals surface area contributed by atoms with Crippen molar-refractivity contribution in [3.8, 4) is 5.69 Å². The van der Waals surface area contributed by atoms with Gasteiger partial charge in [-0.15, -0.1) is 0 Å². The van der Waals surface area contributed by atoms with Gasteiger partial charge in [-0.2, -0.15) is 0 Å². The molecule has 2 fully saturated rings. The minimum absolute atomic E-state index is 0.0213. The number of benzene rings is 1. The van der Waals surface area contributed by atoms with E-state index in [0.29, 0.717) is 29.6 Å². The molecule has 2 atom stereocenters. The molecule has 10 heteroatoms. The quantitative estimate of drug-likeness (QED) is 0.379. The Morgan fingerprint density at radius 1 is 1.09 bits per heavy atom. The Hall–Kier alpha value is -3.79. The average Bonchev–Trinajstić information content (AvgIpc) is 3.62. The van der Waals surface area contributed by atoms with Crippen molar-refractivity contribution in [1.29, 1.82) is 0 Å². The SMILES string of the molecule is CC(=O)NCC(C1CCN(C(C)=O)CC1)N1CC[C@@H](Cc2cn(-c3ccc(F)cc3C(=O)N(C)C(C)C)c3cncc(C)c23)C1. The highest BCUT2D eigenvalue weighted by molar-refractivity contribution is 5.99. The van der Waals surface area contributed by atoms with Crippen LogP contribution in [0.15, 0.2) is 36.8 Å². The topological polar surface area (TPSA) is 90.8 Å². The summed E-state index contributed by atoms with van der Waals surface area (Å²) in [5, 5.41) is 4.20. The highest BCUT2D eigenvalue weighted by Crippen LogP contribution is 2.34. The minimum atomic E-state index is -0.447. The number of pyridine rings is 1. The van der Waals surface area contributed by atoms with Crippen LogP contribution in [0.4, 0.5) is 4.39 Å². The molecule has 2 aliphatic rings. The van der Waals surface area contributed by atoms with Gasteiger partial charge in [0.05, 0.1) is 23.0 Å². The number of nitrogens with zero attached hydrogens (tertiary/aromatic N) is 5. The zero-order chi connectivity index (χ0) is 32.4. The second-order valence-electron chi connectivity index (χ2n) is 13.2. The molecule has 0 spiro atoms. The van der Waals surface area contributed by atoms with Crippen molar-refractivity contribution in [3.05, 3.63) is 59.3 Å². The van der Waals surface area contributed by atoms with Crippen LogP contribution in [0.2, 0.25) is 0 Å². The highest BCUT2D eigenvalue weighted by atomic mass is 19.1. The number of nitrogens with one attached hydrogen (secondary N) is 1. The van der Waals surface area contributed by atoms with E-state index in [1.54, 1.807) is 31.9 Å². The smallest absolute Gasteiger partial charge is 0.256 e. The first kappa shape index (κ1) is 32.6. The third-order valence-electron chi connectivity index (χ3n) is 9.91. The molecule has 3 aromatic rings. The van der Waals surface area contributed by atoms with E-state index in [1.165, 1.54) is 17.7 Å². The molecule has 5 rings (SSSR count). The lowest BCUT2D eigenvalue weighted by Crippen LogP contribution is -2.50. The van der Waals surface area contributed by atoms with Crippen LogP contribution in [0, 0.1) is 24.6 Å². The molecule has 9 nitrogen and oxygen atoms in total. The largest absolute Gasteiger partial charge is 0.355 e. The van der Waals surface area contributed by atoms with E-state index in [-0.39, 0.29) is 29.8 Å². The lowest BCUT2D eigenvalue weighted by atomic mass is 9.88. The molecule has 1 unspecified atom stereocenters. The molecule has 0 saturated carbocycles. The zero-order valence-electron chi connectivity index (χ0n) is 27.5. The molecule has 2 aliphatic heterocycles. The fraction of sp³-hybridized carbons (Fsp3) is 0.543. The lowest BCUT2D eigenvalue weighted by Gasteiger charge is -2.40. The van der Waals surface area contributed by atoms with Crippen molar-refractivity contribution in [2.24, 2.45) is 11.8 Å². The predicted molar refractivity (Wildman–Crippen MR) is 174 cm³/mol. The molecule has 2 saturated heterocycles. The Morgan fingerprint density at radius 2 is 1.82 bits per heavy atom. The summed E-state index contributed by atoms with van der Waals surface area (Å²) in [7, 11) is 1.74. The van der Waals surface area contributed by atoms with Gasteiger partial charge in [-0.25, -0.2) is 4.39 Å². The van der Waals surface area contributed by atoms with E-state index in [9.17, 15) is 18.8 Å². The highest BCUT2D eigenvalue weighted by Gasteiger charge is 2.36. The van der Waals surface area contributed by atoms with Gasteiger partial charge in [0.15, 0.2) is 0 Å². The molecular formula is C35H47FN6O3. The van der Waals surface area contributed by atoms with Gasteiger partial charge >= 0.3 is 0 Å². The first-order valence-electron chi connectivity index (χ1n) is 16.2. The van der Waals surface area contributed by atoms with Gasteiger partial charge in [-0.3, -0.25) is 24.3 Å². The molecule has 1 aromatic carbocycles. The van der Waals surface area contributed by atoms with E-state index in [1.807, 2.05) is 35.7 Å². The third kappa shape index (κ3) is 7.06. The van der Waals surface area contributed by atoms with Crippen molar-refractivity contribution in [3.63, 3.8) is 0 Å². The number of aromatic nitrogens is 2. The second-order valence-corrected chi connectivity index (χ2v) is 13.2. The second kappa shape index (κ2) is 13.7. The number of amides is 3. The van der Waals surface area contributed by atoms with Gasteiger partial charge in [0.25, 0.3) is 5.91 Å². The summed E-state index contributed by atoms with van der Waals surface area (Å²) < 4.78 is 16.5. The predicted octanol–water partition coefficient (Wildman–Crippen LogP) is 4.58. The van der Waals surface area contributed by atoms with Crippen molar-refractivity contribution in [1.82, 2.24) is 29.6 Å². The van der Waals surface area contributed by atoms with Crippen molar-refractivity contribution in [2.45, 2.75) is 72.4 Å². The van der Waals surface area contributed by atoms with Crippen LogP contribution >= 0.6 is 0 Å². The maximum Gasteiger partial charge on any atom is 0.256 e. The lowest BCUT2D eigenvalue weighted by molar-refractivity contribution is -0.130. The Bertz CT molecular complexity index is 1560. The van der Waals surface area contributed by atoms with Crippen molar-refractivity contribution in [2.75, 3.05) is 39.8 Å². The van der Waals surface area contributed by atoms with Crippen LogP contribution in [0.3, 0.4) is 0 Å². The molecule has 2 aromatic heterocycles. The Kier molecular flexibility index (Phi) is 9.91. The van der Waals surface area contributed by atoms with Gasteiger partial charge in [-0.1, -0.05) is 0 Å². The number of rotatable bonds is 9.